The van der Waals surface area contributed by atoms with E-state index in [-0.39, 0.29) is 10.6 Å². The highest BCUT2D eigenvalue weighted by molar-refractivity contribution is 6.30. The second-order valence-electron chi connectivity index (χ2n) is 5.02. The van der Waals surface area contributed by atoms with Gasteiger partial charge in [-0.15, -0.1) is 0 Å². The Labute approximate surface area is 122 Å². The molecule has 4 heteroatoms. The smallest absolute Gasteiger partial charge is 0.142 e. The fourth-order valence-corrected chi connectivity index (χ4v) is 2.27. The molecule has 2 N–H and O–H groups in total. The van der Waals surface area contributed by atoms with E-state index >= 15 is 0 Å². The first kappa shape index (κ1) is 14.9. The molecule has 0 radical (unpaired) electrons. The molecule has 20 heavy (non-hydrogen) atoms. The Morgan fingerprint density at radius 2 is 1.75 bits per heavy atom. The predicted molar refractivity (Wildman–Crippen MR) is 77.9 cm³/mol. The van der Waals surface area contributed by atoms with Gasteiger partial charge in [-0.05, 0) is 49.1 Å². The van der Waals surface area contributed by atoms with Crippen LogP contribution in [-0.4, -0.2) is 0 Å². The van der Waals surface area contributed by atoms with Crippen molar-refractivity contribution in [2.24, 2.45) is 5.73 Å². The third kappa shape index (κ3) is 3.17. The van der Waals surface area contributed by atoms with Gasteiger partial charge in [0.2, 0.25) is 0 Å². The highest BCUT2D eigenvalue weighted by Crippen LogP contribution is 2.25. The van der Waals surface area contributed by atoms with Gasteiger partial charge in [0.25, 0.3) is 0 Å². The summed E-state index contributed by atoms with van der Waals surface area (Å²) >= 11 is 5.53. The molecule has 0 amide bonds. The first-order valence-electron chi connectivity index (χ1n) is 6.34. The van der Waals surface area contributed by atoms with Crippen LogP contribution in [0.5, 0.6) is 0 Å². The zero-order valence-electron chi connectivity index (χ0n) is 11.4. The summed E-state index contributed by atoms with van der Waals surface area (Å²) in [5.74, 6) is -1.23. The lowest BCUT2D eigenvalue weighted by Crippen LogP contribution is -2.15. The summed E-state index contributed by atoms with van der Waals surface area (Å²) in [6, 6.07) is 7.39. The molecule has 1 atom stereocenters. The number of hydrogen-bond donors (Lipinski definition) is 1. The average Bonchev–Trinajstić information content (AvgIpc) is 2.38. The third-order valence-electron chi connectivity index (χ3n) is 3.47. The van der Waals surface area contributed by atoms with Gasteiger partial charge in [-0.2, -0.15) is 0 Å². The van der Waals surface area contributed by atoms with Crippen molar-refractivity contribution in [3.05, 3.63) is 69.2 Å². The Kier molecular flexibility index (Phi) is 4.41. The summed E-state index contributed by atoms with van der Waals surface area (Å²) in [7, 11) is 0. The van der Waals surface area contributed by atoms with Gasteiger partial charge in [-0.25, -0.2) is 8.78 Å². The monoisotopic (exact) mass is 295 g/mol. The maximum Gasteiger partial charge on any atom is 0.142 e. The summed E-state index contributed by atoms with van der Waals surface area (Å²) in [6.45, 7) is 4.03. The maximum absolute atomic E-state index is 13.8. The number of aryl methyl sites for hydroxylation is 2. The third-order valence-corrected chi connectivity index (χ3v) is 3.76. The minimum Gasteiger partial charge on any atom is -0.324 e. The van der Waals surface area contributed by atoms with E-state index in [1.165, 1.54) is 5.56 Å². The second kappa shape index (κ2) is 5.90. The van der Waals surface area contributed by atoms with Crippen molar-refractivity contribution in [3.8, 4) is 0 Å². The summed E-state index contributed by atoms with van der Waals surface area (Å²) in [5, 5.41) is -0.232. The lowest BCUT2D eigenvalue weighted by atomic mass is 9.97. The Morgan fingerprint density at radius 1 is 1.05 bits per heavy atom. The van der Waals surface area contributed by atoms with Crippen LogP contribution in [0.4, 0.5) is 8.78 Å². The molecule has 0 aliphatic carbocycles. The van der Waals surface area contributed by atoms with Gasteiger partial charge in [-0.1, -0.05) is 29.8 Å². The van der Waals surface area contributed by atoms with E-state index in [9.17, 15) is 8.78 Å². The molecule has 1 unspecified atom stereocenters. The molecular weight excluding hydrogens is 280 g/mol. The predicted octanol–water partition coefficient (Wildman–Crippen LogP) is 4.48. The van der Waals surface area contributed by atoms with Gasteiger partial charge in [0.15, 0.2) is 0 Å². The molecule has 2 rings (SSSR count). The van der Waals surface area contributed by atoms with Crippen LogP contribution < -0.4 is 5.73 Å². The highest BCUT2D eigenvalue weighted by Gasteiger charge is 2.15. The van der Waals surface area contributed by atoms with E-state index in [4.69, 9.17) is 17.3 Å². The summed E-state index contributed by atoms with van der Waals surface area (Å²) in [6.07, 6.45) is 0.444. The zero-order valence-corrected chi connectivity index (χ0v) is 12.1. The van der Waals surface area contributed by atoms with Gasteiger partial charge in [0.1, 0.15) is 11.6 Å². The van der Waals surface area contributed by atoms with Gasteiger partial charge < -0.3 is 5.73 Å². The Bertz CT molecular complexity index is 641. The van der Waals surface area contributed by atoms with E-state index < -0.39 is 17.7 Å². The zero-order chi connectivity index (χ0) is 14.9. The maximum atomic E-state index is 13.8. The molecule has 2 aromatic carbocycles. The fraction of sp³-hybridized carbons (Fsp3) is 0.250. The molecule has 1 nitrogen and oxygen atoms in total. The second-order valence-corrected chi connectivity index (χ2v) is 5.42. The number of halogens is 3. The van der Waals surface area contributed by atoms with Crippen LogP contribution in [0.3, 0.4) is 0 Å². The van der Waals surface area contributed by atoms with Crippen LogP contribution in [0.25, 0.3) is 0 Å². The van der Waals surface area contributed by atoms with Crippen molar-refractivity contribution in [1.82, 2.24) is 0 Å². The van der Waals surface area contributed by atoms with Crippen LogP contribution in [-0.2, 0) is 6.42 Å². The lowest BCUT2D eigenvalue weighted by Gasteiger charge is -2.14. The molecule has 0 saturated heterocycles. The van der Waals surface area contributed by atoms with Crippen LogP contribution >= 0.6 is 11.6 Å². The largest absolute Gasteiger partial charge is 0.324 e. The molecule has 0 aliphatic rings. The average molecular weight is 296 g/mol. The minimum atomic E-state index is -0.654. The fourth-order valence-electron chi connectivity index (χ4n) is 2.12. The summed E-state index contributed by atoms with van der Waals surface area (Å²) in [4.78, 5) is 0. The van der Waals surface area contributed by atoms with Gasteiger partial charge in [-0.3, -0.25) is 0 Å². The van der Waals surface area contributed by atoms with Crippen molar-refractivity contribution < 1.29 is 8.78 Å². The molecule has 0 heterocycles. The van der Waals surface area contributed by atoms with Crippen LogP contribution in [0.1, 0.15) is 28.3 Å². The van der Waals surface area contributed by atoms with Crippen molar-refractivity contribution in [3.63, 3.8) is 0 Å². The van der Waals surface area contributed by atoms with Crippen molar-refractivity contribution in [1.29, 1.82) is 0 Å². The van der Waals surface area contributed by atoms with Crippen LogP contribution in [0, 0.1) is 25.5 Å². The SMILES string of the molecule is Cc1ccc(CC(N)c2cc(F)c(Cl)cc2F)cc1C. The summed E-state index contributed by atoms with van der Waals surface area (Å²) < 4.78 is 27.2. The van der Waals surface area contributed by atoms with Crippen molar-refractivity contribution in [2.75, 3.05) is 0 Å². The first-order chi connectivity index (χ1) is 9.38. The van der Waals surface area contributed by atoms with Gasteiger partial charge in [0, 0.05) is 11.6 Å². The van der Waals surface area contributed by atoms with E-state index in [0.29, 0.717) is 6.42 Å². The summed E-state index contributed by atoms with van der Waals surface area (Å²) in [5.41, 5.74) is 9.46. The molecule has 0 spiro atoms. The number of rotatable bonds is 3. The number of benzene rings is 2. The van der Waals surface area contributed by atoms with Gasteiger partial charge >= 0.3 is 0 Å². The minimum absolute atomic E-state index is 0.144. The van der Waals surface area contributed by atoms with Gasteiger partial charge in [0.05, 0.1) is 5.02 Å². The molecule has 0 aromatic heterocycles. The van der Waals surface area contributed by atoms with Crippen molar-refractivity contribution in [2.45, 2.75) is 26.3 Å². The molecule has 0 fully saturated rings. The molecule has 0 bridgehead atoms. The Balaban J connectivity index is 2.25. The normalized spacial score (nSPS) is 12.5. The van der Waals surface area contributed by atoms with E-state index in [1.54, 1.807) is 0 Å². The highest BCUT2D eigenvalue weighted by atomic mass is 35.5. The molecular formula is C16H16ClF2N. The van der Waals surface area contributed by atoms with Crippen molar-refractivity contribution >= 4 is 11.6 Å². The number of nitrogens with two attached hydrogens (primary N) is 1. The van der Waals surface area contributed by atoms with E-state index in [2.05, 4.69) is 0 Å². The molecule has 106 valence electrons. The topological polar surface area (TPSA) is 26.0 Å². The number of hydrogen-bond acceptors (Lipinski definition) is 1. The van der Waals surface area contributed by atoms with Crippen LogP contribution in [0.15, 0.2) is 30.3 Å². The Hall–Kier alpha value is -1.45. The lowest BCUT2D eigenvalue weighted by molar-refractivity contribution is 0.561. The quantitative estimate of drug-likeness (QED) is 0.830. The molecule has 2 aromatic rings. The van der Waals surface area contributed by atoms with E-state index in [1.807, 2.05) is 32.0 Å². The standard InChI is InChI=1S/C16H16ClF2N/c1-9-3-4-11(5-10(9)2)6-16(20)12-7-15(19)13(17)8-14(12)18/h3-5,7-8,16H,6,20H2,1-2H3. The molecule has 0 saturated carbocycles. The molecule has 0 aliphatic heterocycles. The van der Waals surface area contributed by atoms with E-state index in [0.717, 1.165) is 23.3 Å². The Morgan fingerprint density at radius 3 is 2.40 bits per heavy atom. The van der Waals surface area contributed by atoms with Crippen LogP contribution in [0.2, 0.25) is 5.02 Å². The first-order valence-corrected chi connectivity index (χ1v) is 6.72.